The van der Waals surface area contributed by atoms with Gasteiger partial charge in [0.15, 0.2) is 11.6 Å². The lowest BCUT2D eigenvalue weighted by molar-refractivity contribution is 0.502. The molecule has 0 aromatic heterocycles. The number of hydrogen-bond donors (Lipinski definition) is 2. The zero-order valence-corrected chi connectivity index (χ0v) is 13.3. The first kappa shape index (κ1) is 15.6. The molecule has 0 amide bonds. The van der Waals surface area contributed by atoms with Gasteiger partial charge in [-0.15, -0.1) is 0 Å². The minimum Gasteiger partial charge on any atom is -0.271 e. The summed E-state index contributed by atoms with van der Waals surface area (Å²) < 4.78 is 27.2. The maximum absolute atomic E-state index is 13.2. The van der Waals surface area contributed by atoms with Gasteiger partial charge in [0, 0.05) is 8.59 Å². The van der Waals surface area contributed by atoms with Crippen LogP contribution in [0.3, 0.4) is 0 Å². The van der Waals surface area contributed by atoms with E-state index in [1.54, 1.807) is 12.1 Å². The van der Waals surface area contributed by atoms with E-state index in [1.165, 1.54) is 6.07 Å². The first-order chi connectivity index (χ1) is 9.51. The zero-order valence-electron chi connectivity index (χ0n) is 10.3. The summed E-state index contributed by atoms with van der Waals surface area (Å²) in [5.74, 6) is 3.86. The zero-order chi connectivity index (χ0) is 14.7. The molecule has 20 heavy (non-hydrogen) atoms. The van der Waals surface area contributed by atoms with Gasteiger partial charge in [-0.1, -0.05) is 17.7 Å². The summed E-state index contributed by atoms with van der Waals surface area (Å²) in [5.41, 5.74) is 4.27. The Balaban J connectivity index is 2.28. The second-order valence-electron chi connectivity index (χ2n) is 4.34. The lowest BCUT2D eigenvalue weighted by Crippen LogP contribution is -2.30. The Morgan fingerprint density at radius 1 is 1.15 bits per heavy atom. The highest BCUT2D eigenvalue weighted by molar-refractivity contribution is 14.1. The lowest BCUT2D eigenvalue weighted by Gasteiger charge is -2.18. The molecule has 0 bridgehead atoms. The molecule has 106 valence electrons. The lowest BCUT2D eigenvalue weighted by atomic mass is 9.99. The summed E-state index contributed by atoms with van der Waals surface area (Å²) in [6.07, 6.45) is 0.435. The van der Waals surface area contributed by atoms with Crippen molar-refractivity contribution < 1.29 is 8.78 Å². The van der Waals surface area contributed by atoms with Crippen LogP contribution in [0.2, 0.25) is 5.02 Å². The van der Waals surface area contributed by atoms with Gasteiger partial charge < -0.3 is 0 Å². The monoisotopic (exact) mass is 408 g/mol. The number of benzene rings is 2. The van der Waals surface area contributed by atoms with Gasteiger partial charge in [0.05, 0.1) is 6.04 Å². The topological polar surface area (TPSA) is 38.0 Å². The third-order valence-electron chi connectivity index (χ3n) is 2.96. The quantitative estimate of drug-likeness (QED) is 0.456. The highest BCUT2D eigenvalue weighted by Crippen LogP contribution is 2.26. The van der Waals surface area contributed by atoms with Gasteiger partial charge in [0.1, 0.15) is 0 Å². The van der Waals surface area contributed by atoms with Crippen LogP contribution in [0, 0.1) is 15.2 Å². The SMILES string of the molecule is NNC(Cc1ccc(F)c(F)c1)c1cc(Cl)ccc1I. The van der Waals surface area contributed by atoms with E-state index in [2.05, 4.69) is 28.0 Å². The van der Waals surface area contributed by atoms with Crippen LogP contribution in [0.1, 0.15) is 17.2 Å². The van der Waals surface area contributed by atoms with Crippen LogP contribution in [0.25, 0.3) is 0 Å². The molecule has 2 aromatic carbocycles. The summed E-state index contributed by atoms with van der Waals surface area (Å²) in [6, 6.07) is 9.09. The van der Waals surface area contributed by atoms with E-state index in [-0.39, 0.29) is 6.04 Å². The molecule has 0 saturated carbocycles. The van der Waals surface area contributed by atoms with Gasteiger partial charge >= 0.3 is 0 Å². The van der Waals surface area contributed by atoms with Crippen LogP contribution in [0.15, 0.2) is 36.4 Å². The Kier molecular flexibility index (Phi) is 5.31. The van der Waals surface area contributed by atoms with Crippen LogP contribution in [0.4, 0.5) is 8.78 Å². The van der Waals surface area contributed by atoms with Crippen molar-refractivity contribution >= 4 is 34.2 Å². The first-order valence-electron chi connectivity index (χ1n) is 5.86. The van der Waals surface area contributed by atoms with Crippen LogP contribution < -0.4 is 11.3 Å². The normalized spacial score (nSPS) is 12.4. The second-order valence-corrected chi connectivity index (χ2v) is 5.94. The Morgan fingerprint density at radius 2 is 1.90 bits per heavy atom. The average molecular weight is 409 g/mol. The van der Waals surface area contributed by atoms with Crippen molar-refractivity contribution in [3.8, 4) is 0 Å². The van der Waals surface area contributed by atoms with Gasteiger partial charge in [-0.25, -0.2) is 8.78 Å². The van der Waals surface area contributed by atoms with Crippen molar-refractivity contribution in [3.05, 3.63) is 67.8 Å². The van der Waals surface area contributed by atoms with E-state index >= 15 is 0 Å². The summed E-state index contributed by atoms with van der Waals surface area (Å²) >= 11 is 8.17. The van der Waals surface area contributed by atoms with Gasteiger partial charge in [0.2, 0.25) is 0 Å². The Bertz CT molecular complexity index is 622. The fourth-order valence-electron chi connectivity index (χ4n) is 1.94. The predicted molar refractivity (Wildman–Crippen MR) is 84.3 cm³/mol. The van der Waals surface area contributed by atoms with E-state index in [9.17, 15) is 8.78 Å². The highest BCUT2D eigenvalue weighted by atomic mass is 127. The highest BCUT2D eigenvalue weighted by Gasteiger charge is 2.15. The van der Waals surface area contributed by atoms with Gasteiger partial charge in [-0.3, -0.25) is 11.3 Å². The molecule has 0 radical (unpaired) electrons. The van der Waals surface area contributed by atoms with Crippen molar-refractivity contribution in [2.45, 2.75) is 12.5 Å². The van der Waals surface area contributed by atoms with E-state index < -0.39 is 11.6 Å². The molecule has 0 aliphatic rings. The summed E-state index contributed by atoms with van der Waals surface area (Å²) in [7, 11) is 0. The Hall–Kier alpha value is -0.760. The van der Waals surface area contributed by atoms with Crippen LogP contribution in [-0.4, -0.2) is 0 Å². The number of hydrazine groups is 1. The average Bonchev–Trinajstić information content (AvgIpc) is 2.43. The fourth-order valence-corrected chi connectivity index (χ4v) is 2.83. The molecule has 2 rings (SSSR count). The second kappa shape index (κ2) is 6.80. The molecule has 6 heteroatoms. The van der Waals surface area contributed by atoms with Crippen molar-refractivity contribution in [2.24, 2.45) is 5.84 Å². The molecule has 0 fully saturated rings. The van der Waals surface area contributed by atoms with Crippen molar-refractivity contribution in [1.29, 1.82) is 0 Å². The Morgan fingerprint density at radius 3 is 2.55 bits per heavy atom. The van der Waals surface area contributed by atoms with Crippen molar-refractivity contribution in [2.75, 3.05) is 0 Å². The number of nitrogens with one attached hydrogen (secondary N) is 1. The summed E-state index contributed by atoms with van der Waals surface area (Å²) in [6.45, 7) is 0. The Labute approximate surface area is 134 Å². The molecule has 0 heterocycles. The minimum absolute atomic E-state index is 0.231. The molecular formula is C14H12ClF2IN2. The molecule has 0 aliphatic carbocycles. The largest absolute Gasteiger partial charge is 0.271 e. The van der Waals surface area contributed by atoms with Gasteiger partial charge in [0.25, 0.3) is 0 Å². The summed E-state index contributed by atoms with van der Waals surface area (Å²) in [5, 5.41) is 0.603. The molecule has 2 aromatic rings. The number of nitrogens with two attached hydrogens (primary N) is 1. The molecule has 0 aliphatic heterocycles. The third-order valence-corrected chi connectivity index (χ3v) is 4.18. The molecule has 3 N–H and O–H groups in total. The fraction of sp³-hybridized carbons (Fsp3) is 0.143. The first-order valence-corrected chi connectivity index (χ1v) is 7.32. The standard InChI is InChI=1S/C14H12ClF2IN2/c15-9-2-4-13(18)10(7-9)14(20-19)6-8-1-3-11(16)12(17)5-8/h1-5,7,14,20H,6,19H2. The molecular weight excluding hydrogens is 397 g/mol. The maximum Gasteiger partial charge on any atom is 0.159 e. The van der Waals surface area contributed by atoms with Crippen LogP contribution in [-0.2, 0) is 6.42 Å². The minimum atomic E-state index is -0.862. The van der Waals surface area contributed by atoms with Crippen molar-refractivity contribution in [1.82, 2.24) is 5.43 Å². The molecule has 0 saturated heterocycles. The molecule has 2 nitrogen and oxygen atoms in total. The molecule has 0 spiro atoms. The van der Waals surface area contributed by atoms with Gasteiger partial charge in [-0.05, 0) is 70.5 Å². The van der Waals surface area contributed by atoms with E-state index in [1.807, 2.05) is 12.1 Å². The van der Waals surface area contributed by atoms with E-state index in [4.69, 9.17) is 17.4 Å². The maximum atomic E-state index is 13.2. The van der Waals surface area contributed by atoms with Crippen LogP contribution >= 0.6 is 34.2 Å². The number of hydrogen-bond acceptors (Lipinski definition) is 2. The van der Waals surface area contributed by atoms with Crippen molar-refractivity contribution in [3.63, 3.8) is 0 Å². The summed E-state index contributed by atoms with van der Waals surface area (Å²) in [4.78, 5) is 0. The number of rotatable bonds is 4. The van der Waals surface area contributed by atoms with E-state index in [0.717, 1.165) is 15.2 Å². The van der Waals surface area contributed by atoms with Crippen LogP contribution in [0.5, 0.6) is 0 Å². The number of halogens is 4. The molecule has 1 atom stereocenters. The predicted octanol–water partition coefficient (Wildman–Crippen LogP) is 3.97. The smallest absolute Gasteiger partial charge is 0.159 e. The van der Waals surface area contributed by atoms with E-state index in [0.29, 0.717) is 17.0 Å². The molecule has 1 unspecified atom stereocenters. The van der Waals surface area contributed by atoms with Gasteiger partial charge in [-0.2, -0.15) is 0 Å². The third kappa shape index (κ3) is 3.66.